The average molecular weight is 412 g/mol. The molecule has 3 rings (SSSR count). The van der Waals surface area contributed by atoms with Crippen LogP contribution in [-0.2, 0) is 20.8 Å². The third-order valence-electron chi connectivity index (χ3n) is 4.29. The fourth-order valence-corrected chi connectivity index (χ4v) is 5.01. The monoisotopic (exact) mass is 411 g/mol. The van der Waals surface area contributed by atoms with E-state index >= 15 is 0 Å². The van der Waals surface area contributed by atoms with Gasteiger partial charge in [-0.3, -0.25) is 0 Å². The highest BCUT2D eigenvalue weighted by Gasteiger charge is 2.17. The lowest BCUT2D eigenvalue weighted by Crippen LogP contribution is -2.07. The van der Waals surface area contributed by atoms with Gasteiger partial charge in [0.1, 0.15) is 0 Å². The highest BCUT2D eigenvalue weighted by atomic mass is 32.2. The Labute approximate surface area is 168 Å². The van der Waals surface area contributed by atoms with Crippen molar-refractivity contribution in [3.63, 3.8) is 0 Å². The third-order valence-corrected chi connectivity index (χ3v) is 7.13. The SMILES string of the molecule is C/C(=N\S(=O)(=O)c1ccc(C)cc1)c1ccccc1[S@@](=O)c1ccc(C)cc1. The van der Waals surface area contributed by atoms with Crippen LogP contribution in [0.3, 0.4) is 0 Å². The summed E-state index contributed by atoms with van der Waals surface area (Å²) in [5.74, 6) is 0. The fourth-order valence-electron chi connectivity index (χ4n) is 2.71. The summed E-state index contributed by atoms with van der Waals surface area (Å²) in [5.41, 5.74) is 2.91. The van der Waals surface area contributed by atoms with Crippen LogP contribution in [0.1, 0.15) is 23.6 Å². The Balaban J connectivity index is 2.02. The molecule has 6 heteroatoms. The van der Waals surface area contributed by atoms with Crippen molar-refractivity contribution in [2.45, 2.75) is 35.5 Å². The molecule has 0 aliphatic rings. The minimum absolute atomic E-state index is 0.134. The Morgan fingerprint density at radius 2 is 1.36 bits per heavy atom. The van der Waals surface area contributed by atoms with Crippen LogP contribution in [-0.4, -0.2) is 18.3 Å². The van der Waals surface area contributed by atoms with Crippen LogP contribution < -0.4 is 0 Å². The van der Waals surface area contributed by atoms with Crippen molar-refractivity contribution >= 4 is 26.5 Å². The number of aryl methyl sites for hydroxylation is 2. The van der Waals surface area contributed by atoms with Crippen molar-refractivity contribution in [2.75, 3.05) is 0 Å². The summed E-state index contributed by atoms with van der Waals surface area (Å²) in [7, 11) is -5.29. The fraction of sp³-hybridized carbons (Fsp3) is 0.136. The molecule has 3 aromatic carbocycles. The maximum absolute atomic E-state index is 13.1. The van der Waals surface area contributed by atoms with Crippen molar-refractivity contribution in [1.82, 2.24) is 0 Å². The van der Waals surface area contributed by atoms with Crippen molar-refractivity contribution in [3.05, 3.63) is 89.5 Å². The molecule has 0 saturated heterocycles. The molecule has 0 aliphatic heterocycles. The number of nitrogens with zero attached hydrogens (tertiary/aromatic N) is 1. The first-order chi connectivity index (χ1) is 13.3. The third kappa shape index (κ3) is 4.46. The summed E-state index contributed by atoms with van der Waals surface area (Å²) in [5, 5.41) is 0. The number of hydrogen-bond donors (Lipinski definition) is 0. The molecule has 0 N–H and O–H groups in total. The van der Waals surface area contributed by atoms with Crippen molar-refractivity contribution in [1.29, 1.82) is 0 Å². The summed E-state index contributed by atoms with van der Waals surface area (Å²) < 4.78 is 42.4. The van der Waals surface area contributed by atoms with Gasteiger partial charge in [-0.2, -0.15) is 12.8 Å². The lowest BCUT2D eigenvalue weighted by Gasteiger charge is -2.10. The largest absolute Gasteiger partial charge is 0.282 e. The predicted octanol–water partition coefficient (Wildman–Crippen LogP) is 4.67. The van der Waals surface area contributed by atoms with Gasteiger partial charge in [-0.05, 0) is 51.1 Å². The molecule has 0 spiro atoms. The second kappa shape index (κ2) is 8.20. The van der Waals surface area contributed by atoms with E-state index in [1.165, 1.54) is 12.1 Å². The van der Waals surface area contributed by atoms with Crippen LogP contribution >= 0.6 is 0 Å². The summed E-state index contributed by atoms with van der Waals surface area (Å²) >= 11 is 0. The molecule has 0 radical (unpaired) electrons. The quantitative estimate of drug-likeness (QED) is 0.573. The zero-order chi connectivity index (χ0) is 20.3. The summed E-state index contributed by atoms with van der Waals surface area (Å²) in [6.45, 7) is 5.48. The number of sulfonamides is 1. The van der Waals surface area contributed by atoms with Crippen LogP contribution in [0.5, 0.6) is 0 Å². The molecule has 4 nitrogen and oxygen atoms in total. The first kappa shape index (κ1) is 20.2. The Hall–Kier alpha value is -2.57. The molecule has 1 atom stereocenters. The van der Waals surface area contributed by atoms with Gasteiger partial charge in [-0.15, -0.1) is 0 Å². The van der Waals surface area contributed by atoms with Gasteiger partial charge in [-0.25, -0.2) is 4.21 Å². The zero-order valence-corrected chi connectivity index (χ0v) is 17.5. The number of hydrogen-bond acceptors (Lipinski definition) is 3. The van der Waals surface area contributed by atoms with Crippen LogP contribution in [0, 0.1) is 13.8 Å². The number of rotatable bonds is 5. The Morgan fingerprint density at radius 1 is 0.821 bits per heavy atom. The van der Waals surface area contributed by atoms with Gasteiger partial charge < -0.3 is 0 Å². The summed E-state index contributed by atoms with van der Waals surface area (Å²) in [6, 6.07) is 21.0. The van der Waals surface area contributed by atoms with Gasteiger partial charge in [0.05, 0.1) is 26.3 Å². The van der Waals surface area contributed by atoms with E-state index in [0.717, 1.165) is 11.1 Å². The van der Waals surface area contributed by atoms with Gasteiger partial charge in [0.15, 0.2) is 0 Å². The molecular formula is C22H21NO3S2. The standard InChI is InChI=1S/C22H21NO3S2/c1-16-8-12-19(13-9-16)27(24)22-7-5-4-6-21(22)18(3)23-28(25,26)20-14-10-17(2)11-15-20/h4-15H,1-3H3/b23-18+/t27-/m0/s1. The summed E-state index contributed by atoms with van der Waals surface area (Å²) in [6.07, 6.45) is 0. The summed E-state index contributed by atoms with van der Waals surface area (Å²) in [4.78, 5) is 1.33. The lowest BCUT2D eigenvalue weighted by atomic mass is 10.1. The zero-order valence-electron chi connectivity index (χ0n) is 15.9. The average Bonchev–Trinajstić information content (AvgIpc) is 2.68. The van der Waals surface area contributed by atoms with Gasteiger partial charge in [-0.1, -0.05) is 53.6 Å². The maximum atomic E-state index is 13.1. The van der Waals surface area contributed by atoms with Crippen LogP contribution in [0.15, 0.2) is 91.9 Å². The molecule has 3 aromatic rings. The molecule has 0 unspecified atom stereocenters. The van der Waals surface area contributed by atoms with Crippen LogP contribution in [0.25, 0.3) is 0 Å². The first-order valence-electron chi connectivity index (χ1n) is 8.74. The second-order valence-corrected chi connectivity index (χ2v) is 9.60. The molecule has 0 fully saturated rings. The van der Waals surface area contributed by atoms with Gasteiger partial charge in [0.25, 0.3) is 10.0 Å². The van der Waals surface area contributed by atoms with E-state index in [2.05, 4.69) is 4.40 Å². The Morgan fingerprint density at radius 3 is 1.96 bits per heavy atom. The van der Waals surface area contributed by atoms with Gasteiger partial charge in [0.2, 0.25) is 0 Å². The Kier molecular flexibility index (Phi) is 5.91. The highest BCUT2D eigenvalue weighted by molar-refractivity contribution is 7.90. The molecule has 0 saturated carbocycles. The molecule has 0 heterocycles. The van der Waals surface area contributed by atoms with E-state index in [-0.39, 0.29) is 4.90 Å². The Bertz CT molecular complexity index is 1150. The minimum atomic E-state index is -3.85. The maximum Gasteiger partial charge on any atom is 0.282 e. The van der Waals surface area contributed by atoms with E-state index in [4.69, 9.17) is 0 Å². The molecule has 0 aromatic heterocycles. The van der Waals surface area contributed by atoms with E-state index in [1.54, 1.807) is 43.3 Å². The highest BCUT2D eigenvalue weighted by Crippen LogP contribution is 2.23. The van der Waals surface area contributed by atoms with E-state index in [1.807, 2.05) is 38.1 Å². The normalized spacial score (nSPS) is 13.3. The molecule has 0 aliphatic carbocycles. The second-order valence-electron chi connectivity index (χ2n) is 6.54. The molecule has 28 heavy (non-hydrogen) atoms. The van der Waals surface area contributed by atoms with Crippen molar-refractivity contribution in [2.24, 2.45) is 4.40 Å². The van der Waals surface area contributed by atoms with Crippen LogP contribution in [0.2, 0.25) is 0 Å². The van der Waals surface area contributed by atoms with Crippen molar-refractivity contribution < 1.29 is 12.6 Å². The van der Waals surface area contributed by atoms with E-state index < -0.39 is 20.8 Å². The topological polar surface area (TPSA) is 63.6 Å². The predicted molar refractivity (Wildman–Crippen MR) is 113 cm³/mol. The van der Waals surface area contributed by atoms with Gasteiger partial charge >= 0.3 is 0 Å². The lowest BCUT2D eigenvalue weighted by molar-refractivity contribution is 0.598. The smallest absolute Gasteiger partial charge is 0.249 e. The van der Waals surface area contributed by atoms with Crippen LogP contribution in [0.4, 0.5) is 0 Å². The van der Waals surface area contributed by atoms with E-state index in [0.29, 0.717) is 21.1 Å². The molecule has 144 valence electrons. The minimum Gasteiger partial charge on any atom is -0.249 e. The first-order valence-corrected chi connectivity index (χ1v) is 11.3. The molecular weight excluding hydrogens is 390 g/mol. The van der Waals surface area contributed by atoms with E-state index in [9.17, 15) is 12.6 Å². The number of benzene rings is 3. The molecule has 0 amide bonds. The molecule has 0 bridgehead atoms. The van der Waals surface area contributed by atoms with Gasteiger partial charge in [0, 0.05) is 10.5 Å². The van der Waals surface area contributed by atoms with Crippen molar-refractivity contribution in [3.8, 4) is 0 Å².